The van der Waals surface area contributed by atoms with E-state index in [1.165, 1.54) is 0 Å². The molecule has 0 unspecified atom stereocenters. The van der Waals surface area contributed by atoms with Crippen molar-refractivity contribution < 1.29 is 4.79 Å². The SMILES string of the molecule is CN(Cc1cnc2nc(N)nc(N)c2n1)c1ccc(C(N)=O)cc1. The molecule has 3 aromatic rings. The summed E-state index contributed by atoms with van der Waals surface area (Å²) in [6, 6.07) is 6.98. The second kappa shape index (κ2) is 5.95. The van der Waals surface area contributed by atoms with Gasteiger partial charge in [-0.05, 0) is 24.3 Å². The van der Waals surface area contributed by atoms with Gasteiger partial charge < -0.3 is 22.1 Å². The van der Waals surface area contributed by atoms with Crippen molar-refractivity contribution in [1.82, 2.24) is 19.9 Å². The first kappa shape index (κ1) is 15.4. The second-order valence-corrected chi connectivity index (χ2v) is 5.27. The van der Waals surface area contributed by atoms with Gasteiger partial charge in [0.1, 0.15) is 0 Å². The molecule has 0 spiro atoms. The molecule has 0 saturated heterocycles. The fraction of sp³-hybridized carbons (Fsp3) is 0.133. The fourth-order valence-corrected chi connectivity index (χ4v) is 2.27. The number of rotatable bonds is 4. The van der Waals surface area contributed by atoms with Gasteiger partial charge in [-0.3, -0.25) is 4.79 Å². The Morgan fingerprint density at radius 2 is 1.83 bits per heavy atom. The number of carbonyl (C=O) groups is 1. The first-order chi connectivity index (χ1) is 11.4. The first-order valence-electron chi connectivity index (χ1n) is 7.09. The second-order valence-electron chi connectivity index (χ2n) is 5.27. The zero-order valence-electron chi connectivity index (χ0n) is 13.0. The number of nitrogens with zero attached hydrogens (tertiary/aromatic N) is 5. The van der Waals surface area contributed by atoms with E-state index in [1.807, 2.05) is 24.1 Å². The average molecular weight is 324 g/mol. The number of benzene rings is 1. The van der Waals surface area contributed by atoms with Crippen molar-refractivity contribution in [2.45, 2.75) is 6.54 Å². The summed E-state index contributed by atoms with van der Waals surface area (Å²) in [6.45, 7) is 0.489. The Kier molecular flexibility index (Phi) is 3.82. The first-order valence-corrected chi connectivity index (χ1v) is 7.09. The molecule has 0 aliphatic heterocycles. The van der Waals surface area contributed by atoms with Gasteiger partial charge in [-0.2, -0.15) is 9.97 Å². The average Bonchev–Trinajstić information content (AvgIpc) is 2.55. The van der Waals surface area contributed by atoms with Gasteiger partial charge in [0.15, 0.2) is 17.0 Å². The maximum Gasteiger partial charge on any atom is 0.248 e. The molecule has 0 fully saturated rings. The van der Waals surface area contributed by atoms with E-state index < -0.39 is 5.91 Å². The summed E-state index contributed by atoms with van der Waals surface area (Å²) in [5, 5.41) is 0. The van der Waals surface area contributed by atoms with Crippen molar-refractivity contribution in [2.75, 3.05) is 23.4 Å². The zero-order valence-corrected chi connectivity index (χ0v) is 13.0. The van der Waals surface area contributed by atoms with E-state index in [0.717, 1.165) is 5.69 Å². The number of hydrogen-bond donors (Lipinski definition) is 3. The molecule has 2 aromatic heterocycles. The summed E-state index contributed by atoms with van der Waals surface area (Å²) in [7, 11) is 1.90. The molecule has 6 N–H and O–H groups in total. The Hall–Kier alpha value is -3.49. The van der Waals surface area contributed by atoms with Crippen LogP contribution in [0.3, 0.4) is 0 Å². The van der Waals surface area contributed by atoms with Crippen LogP contribution in [-0.2, 0) is 6.54 Å². The third-order valence-electron chi connectivity index (χ3n) is 3.49. The monoisotopic (exact) mass is 324 g/mol. The number of nitrogen functional groups attached to an aromatic ring is 2. The van der Waals surface area contributed by atoms with Crippen molar-refractivity contribution in [2.24, 2.45) is 5.73 Å². The minimum atomic E-state index is -0.459. The highest BCUT2D eigenvalue weighted by Crippen LogP contribution is 2.18. The third kappa shape index (κ3) is 3.00. The summed E-state index contributed by atoms with van der Waals surface area (Å²) >= 11 is 0. The van der Waals surface area contributed by atoms with Crippen molar-refractivity contribution in [3.63, 3.8) is 0 Å². The lowest BCUT2D eigenvalue weighted by molar-refractivity contribution is 0.100. The summed E-state index contributed by atoms with van der Waals surface area (Å²) < 4.78 is 0. The third-order valence-corrected chi connectivity index (χ3v) is 3.49. The van der Waals surface area contributed by atoms with Crippen molar-refractivity contribution >= 4 is 34.5 Å². The minimum absolute atomic E-state index is 0.0636. The van der Waals surface area contributed by atoms with E-state index in [1.54, 1.807) is 18.3 Å². The van der Waals surface area contributed by atoms with E-state index in [4.69, 9.17) is 17.2 Å². The molecule has 1 amide bonds. The van der Waals surface area contributed by atoms with E-state index in [9.17, 15) is 4.79 Å². The van der Waals surface area contributed by atoms with E-state index >= 15 is 0 Å². The normalized spacial score (nSPS) is 10.7. The number of amides is 1. The van der Waals surface area contributed by atoms with Crippen LogP contribution >= 0.6 is 0 Å². The molecule has 0 atom stereocenters. The van der Waals surface area contributed by atoms with Gasteiger partial charge in [0, 0.05) is 18.3 Å². The summed E-state index contributed by atoms with van der Waals surface area (Å²) in [5.74, 6) is -0.201. The summed E-state index contributed by atoms with van der Waals surface area (Å²) in [5.41, 5.74) is 19.4. The molecule has 3 rings (SSSR count). The molecule has 1 aromatic carbocycles. The van der Waals surface area contributed by atoms with Crippen LogP contribution in [0.15, 0.2) is 30.5 Å². The fourth-order valence-electron chi connectivity index (χ4n) is 2.27. The summed E-state index contributed by atoms with van der Waals surface area (Å²) in [6.07, 6.45) is 1.61. The summed E-state index contributed by atoms with van der Waals surface area (Å²) in [4.78, 5) is 29.6. The highest BCUT2D eigenvalue weighted by Gasteiger charge is 2.10. The van der Waals surface area contributed by atoms with Crippen LogP contribution in [0.25, 0.3) is 11.2 Å². The smallest absolute Gasteiger partial charge is 0.248 e. The molecule has 9 heteroatoms. The van der Waals surface area contributed by atoms with Crippen molar-refractivity contribution in [3.8, 4) is 0 Å². The standard InChI is InChI=1S/C15H16N8O/c1-23(10-4-2-8(3-5-10)13(17)24)7-9-6-19-14-11(20-9)12(16)21-15(18)22-14/h2-6H,7H2,1H3,(H2,17,24)(H4,16,18,19,21,22). The van der Waals surface area contributed by atoms with E-state index in [2.05, 4.69) is 19.9 Å². The zero-order chi connectivity index (χ0) is 17.3. The van der Waals surface area contributed by atoms with Gasteiger partial charge in [-0.25, -0.2) is 9.97 Å². The van der Waals surface area contributed by atoms with Gasteiger partial charge in [-0.15, -0.1) is 0 Å². The Bertz CT molecular complexity index is 909. The molecule has 0 bridgehead atoms. The molecule has 0 radical (unpaired) electrons. The Labute approximate surface area is 137 Å². The van der Waals surface area contributed by atoms with Crippen LogP contribution in [0.5, 0.6) is 0 Å². The Balaban J connectivity index is 1.84. The van der Waals surface area contributed by atoms with Crippen LogP contribution in [0.4, 0.5) is 17.5 Å². The molecule has 2 heterocycles. The van der Waals surface area contributed by atoms with Gasteiger partial charge in [0.05, 0.1) is 18.4 Å². The predicted molar refractivity (Wildman–Crippen MR) is 91.0 cm³/mol. The maximum absolute atomic E-state index is 11.1. The van der Waals surface area contributed by atoms with Crippen molar-refractivity contribution in [3.05, 3.63) is 41.7 Å². The number of primary amides is 1. The highest BCUT2D eigenvalue weighted by atomic mass is 16.1. The number of nitrogens with two attached hydrogens (primary N) is 3. The van der Waals surface area contributed by atoms with Crippen LogP contribution in [0.1, 0.15) is 16.1 Å². The Morgan fingerprint density at radius 1 is 1.12 bits per heavy atom. The highest BCUT2D eigenvalue weighted by molar-refractivity contribution is 5.93. The topological polar surface area (TPSA) is 150 Å². The predicted octanol–water partition coefficient (Wildman–Crippen LogP) is 0.320. The number of carbonyl (C=O) groups excluding carboxylic acids is 1. The van der Waals surface area contributed by atoms with Gasteiger partial charge in [0.25, 0.3) is 0 Å². The number of aromatic nitrogens is 4. The number of fused-ring (bicyclic) bond motifs is 1. The molecule has 9 nitrogen and oxygen atoms in total. The maximum atomic E-state index is 11.1. The molecule has 0 saturated carbocycles. The van der Waals surface area contributed by atoms with Crippen LogP contribution in [0, 0.1) is 0 Å². The van der Waals surface area contributed by atoms with E-state index in [-0.39, 0.29) is 11.8 Å². The van der Waals surface area contributed by atoms with Gasteiger partial charge in [-0.1, -0.05) is 0 Å². The van der Waals surface area contributed by atoms with Crippen LogP contribution in [-0.4, -0.2) is 32.9 Å². The Morgan fingerprint density at radius 3 is 2.50 bits per heavy atom. The van der Waals surface area contributed by atoms with Gasteiger partial charge >= 0.3 is 0 Å². The number of hydrogen-bond acceptors (Lipinski definition) is 8. The molecular formula is C15H16N8O. The van der Waals surface area contributed by atoms with E-state index in [0.29, 0.717) is 29.0 Å². The minimum Gasteiger partial charge on any atom is -0.382 e. The lowest BCUT2D eigenvalue weighted by Gasteiger charge is -2.19. The molecular weight excluding hydrogens is 308 g/mol. The van der Waals surface area contributed by atoms with Gasteiger partial charge in [0.2, 0.25) is 11.9 Å². The lowest BCUT2D eigenvalue weighted by atomic mass is 10.2. The van der Waals surface area contributed by atoms with Crippen LogP contribution < -0.4 is 22.1 Å². The largest absolute Gasteiger partial charge is 0.382 e. The number of anilines is 3. The molecule has 24 heavy (non-hydrogen) atoms. The molecule has 0 aliphatic rings. The van der Waals surface area contributed by atoms with Crippen LogP contribution in [0.2, 0.25) is 0 Å². The quantitative estimate of drug-likeness (QED) is 0.621. The molecule has 0 aliphatic carbocycles. The lowest BCUT2D eigenvalue weighted by Crippen LogP contribution is -2.18. The van der Waals surface area contributed by atoms with Crippen molar-refractivity contribution in [1.29, 1.82) is 0 Å². The molecule has 122 valence electrons.